The van der Waals surface area contributed by atoms with E-state index < -0.39 is 9.84 Å². The van der Waals surface area contributed by atoms with Gasteiger partial charge in [0, 0.05) is 12.0 Å². The van der Waals surface area contributed by atoms with Gasteiger partial charge in [0.1, 0.15) is 16.4 Å². The SMILES string of the molecule is CCCCCC/C=C/c1cc(S(=O)(=O)c2ccccc2)c(C(CC)CCCC)o1. The third kappa shape index (κ3) is 6.60. The van der Waals surface area contributed by atoms with Gasteiger partial charge in [0.15, 0.2) is 0 Å². The highest BCUT2D eigenvalue weighted by Crippen LogP contribution is 2.36. The number of sulfone groups is 1. The van der Waals surface area contributed by atoms with Crippen molar-refractivity contribution in [1.29, 1.82) is 0 Å². The molecular formula is C25H36O3S. The number of unbranched alkanes of at least 4 members (excludes halogenated alkanes) is 5. The van der Waals surface area contributed by atoms with E-state index in [4.69, 9.17) is 4.42 Å². The summed E-state index contributed by atoms with van der Waals surface area (Å²) in [6.07, 6.45) is 13.8. The molecule has 0 amide bonds. The third-order valence-electron chi connectivity index (χ3n) is 5.36. The van der Waals surface area contributed by atoms with Gasteiger partial charge in [0.2, 0.25) is 9.84 Å². The van der Waals surface area contributed by atoms with Crippen molar-refractivity contribution in [3.05, 3.63) is 54.0 Å². The van der Waals surface area contributed by atoms with Crippen LogP contribution in [0.5, 0.6) is 0 Å². The minimum Gasteiger partial charge on any atom is -0.460 e. The van der Waals surface area contributed by atoms with E-state index >= 15 is 0 Å². The van der Waals surface area contributed by atoms with Crippen LogP contribution in [0.3, 0.4) is 0 Å². The van der Waals surface area contributed by atoms with Crippen LogP contribution >= 0.6 is 0 Å². The molecule has 2 rings (SSSR count). The van der Waals surface area contributed by atoms with E-state index in [2.05, 4.69) is 26.8 Å². The van der Waals surface area contributed by atoms with Gasteiger partial charge in [-0.1, -0.05) is 77.2 Å². The summed E-state index contributed by atoms with van der Waals surface area (Å²) in [6, 6.07) is 10.4. The molecule has 0 fully saturated rings. The van der Waals surface area contributed by atoms with Crippen LogP contribution < -0.4 is 0 Å². The predicted molar refractivity (Wildman–Crippen MR) is 121 cm³/mol. The molecule has 1 heterocycles. The van der Waals surface area contributed by atoms with Gasteiger partial charge >= 0.3 is 0 Å². The van der Waals surface area contributed by atoms with Crippen molar-refractivity contribution in [3.8, 4) is 0 Å². The molecule has 3 nitrogen and oxygen atoms in total. The van der Waals surface area contributed by atoms with E-state index in [1.807, 2.05) is 12.1 Å². The lowest BCUT2D eigenvalue weighted by atomic mass is 9.97. The molecule has 0 bridgehead atoms. The summed E-state index contributed by atoms with van der Waals surface area (Å²) in [4.78, 5) is 0.653. The molecule has 0 radical (unpaired) electrons. The van der Waals surface area contributed by atoms with Crippen LogP contribution in [-0.2, 0) is 9.84 Å². The van der Waals surface area contributed by atoms with Crippen LogP contribution in [0.2, 0.25) is 0 Å². The molecule has 0 saturated carbocycles. The van der Waals surface area contributed by atoms with Crippen LogP contribution in [0.4, 0.5) is 0 Å². The molecule has 2 aromatic rings. The zero-order chi connectivity index (χ0) is 21.1. The Morgan fingerprint density at radius 3 is 2.34 bits per heavy atom. The molecule has 29 heavy (non-hydrogen) atoms. The first-order valence-corrected chi connectivity index (χ1v) is 12.6. The minimum absolute atomic E-state index is 0.121. The van der Waals surface area contributed by atoms with E-state index in [1.165, 1.54) is 19.3 Å². The summed E-state index contributed by atoms with van der Waals surface area (Å²) in [5, 5.41) is 0. The normalized spacial score (nSPS) is 13.2. The molecule has 1 unspecified atom stereocenters. The van der Waals surface area contributed by atoms with E-state index in [0.717, 1.165) is 38.5 Å². The van der Waals surface area contributed by atoms with E-state index in [9.17, 15) is 8.42 Å². The lowest BCUT2D eigenvalue weighted by molar-refractivity contribution is 0.416. The van der Waals surface area contributed by atoms with Gasteiger partial charge < -0.3 is 4.42 Å². The minimum atomic E-state index is -3.60. The van der Waals surface area contributed by atoms with Crippen molar-refractivity contribution < 1.29 is 12.8 Å². The Labute approximate surface area is 177 Å². The summed E-state index contributed by atoms with van der Waals surface area (Å²) < 4.78 is 32.8. The average Bonchev–Trinajstić information content (AvgIpc) is 3.17. The summed E-state index contributed by atoms with van der Waals surface area (Å²) in [7, 11) is -3.60. The standard InChI is InChI=1S/C25H36O3S/c1-4-7-9-10-11-13-17-22-20-24(25(28-22)21(6-3)16-8-5-2)29(26,27)23-18-14-12-15-19-23/h12-15,17-21H,4-11,16H2,1-3H3/b17-13+. The van der Waals surface area contributed by atoms with Crippen LogP contribution in [-0.4, -0.2) is 8.42 Å². The maximum absolute atomic E-state index is 13.3. The maximum Gasteiger partial charge on any atom is 0.210 e. The first-order valence-electron chi connectivity index (χ1n) is 11.1. The number of hydrogen-bond donors (Lipinski definition) is 0. The second kappa shape index (κ2) is 12.0. The molecular weight excluding hydrogens is 380 g/mol. The topological polar surface area (TPSA) is 47.3 Å². The number of benzene rings is 1. The number of furan rings is 1. The smallest absolute Gasteiger partial charge is 0.210 e. The van der Waals surface area contributed by atoms with Gasteiger partial charge in [-0.15, -0.1) is 0 Å². The lowest BCUT2D eigenvalue weighted by Crippen LogP contribution is -2.06. The Morgan fingerprint density at radius 2 is 1.69 bits per heavy atom. The first-order chi connectivity index (χ1) is 14.0. The maximum atomic E-state index is 13.3. The quantitative estimate of drug-likeness (QED) is 0.313. The molecule has 0 N–H and O–H groups in total. The van der Waals surface area contributed by atoms with E-state index in [-0.39, 0.29) is 5.92 Å². The highest BCUT2D eigenvalue weighted by molar-refractivity contribution is 7.91. The molecule has 4 heteroatoms. The fraction of sp³-hybridized carbons (Fsp3) is 0.520. The number of hydrogen-bond acceptors (Lipinski definition) is 3. The van der Waals surface area contributed by atoms with Gasteiger partial charge in [-0.05, 0) is 43.9 Å². The zero-order valence-corrected chi connectivity index (χ0v) is 19.0. The fourth-order valence-electron chi connectivity index (χ4n) is 3.57. The molecule has 1 aromatic heterocycles. The van der Waals surface area contributed by atoms with Crippen LogP contribution in [0.1, 0.15) is 96.0 Å². The molecule has 1 aromatic carbocycles. The molecule has 0 aliphatic carbocycles. The summed E-state index contributed by atoms with van der Waals surface area (Å²) in [5.74, 6) is 1.38. The monoisotopic (exact) mass is 416 g/mol. The zero-order valence-electron chi connectivity index (χ0n) is 18.2. The predicted octanol–water partition coefficient (Wildman–Crippen LogP) is 7.78. The molecule has 1 atom stereocenters. The second-order valence-electron chi connectivity index (χ2n) is 7.69. The second-order valence-corrected chi connectivity index (χ2v) is 9.61. The molecule has 160 valence electrons. The average molecular weight is 417 g/mol. The van der Waals surface area contributed by atoms with Gasteiger partial charge in [0.05, 0.1) is 4.90 Å². The van der Waals surface area contributed by atoms with Gasteiger partial charge in [-0.3, -0.25) is 0 Å². The van der Waals surface area contributed by atoms with Crippen LogP contribution in [0, 0.1) is 0 Å². The summed E-state index contributed by atoms with van der Waals surface area (Å²) in [6.45, 7) is 6.46. The highest BCUT2D eigenvalue weighted by atomic mass is 32.2. The molecule has 0 aliphatic rings. The number of rotatable bonds is 13. The largest absolute Gasteiger partial charge is 0.460 e. The Kier molecular flexibility index (Phi) is 9.72. The van der Waals surface area contributed by atoms with Crippen molar-refractivity contribution in [3.63, 3.8) is 0 Å². The molecule has 0 aliphatic heterocycles. The highest BCUT2D eigenvalue weighted by Gasteiger charge is 2.28. The Hall–Kier alpha value is -1.81. The lowest BCUT2D eigenvalue weighted by Gasteiger charge is -2.14. The summed E-state index contributed by atoms with van der Waals surface area (Å²) in [5.41, 5.74) is 0. The van der Waals surface area contributed by atoms with E-state index in [0.29, 0.717) is 21.3 Å². The van der Waals surface area contributed by atoms with Crippen molar-refractivity contribution in [2.45, 2.75) is 94.3 Å². The third-order valence-corrected chi connectivity index (χ3v) is 7.15. The van der Waals surface area contributed by atoms with E-state index in [1.54, 1.807) is 30.3 Å². The van der Waals surface area contributed by atoms with Crippen molar-refractivity contribution in [2.75, 3.05) is 0 Å². The van der Waals surface area contributed by atoms with Gasteiger partial charge in [-0.2, -0.15) is 0 Å². The van der Waals surface area contributed by atoms with Crippen LogP contribution in [0.25, 0.3) is 6.08 Å². The summed E-state index contributed by atoms with van der Waals surface area (Å²) >= 11 is 0. The first kappa shape index (κ1) is 23.5. The van der Waals surface area contributed by atoms with Crippen LogP contribution in [0.15, 0.2) is 56.7 Å². The van der Waals surface area contributed by atoms with Crippen molar-refractivity contribution in [1.82, 2.24) is 0 Å². The van der Waals surface area contributed by atoms with Gasteiger partial charge in [0.25, 0.3) is 0 Å². The number of allylic oxidation sites excluding steroid dienone is 1. The van der Waals surface area contributed by atoms with Gasteiger partial charge in [-0.25, -0.2) is 8.42 Å². The molecule has 0 saturated heterocycles. The Bertz CT molecular complexity index is 847. The van der Waals surface area contributed by atoms with Crippen molar-refractivity contribution >= 4 is 15.9 Å². The Morgan fingerprint density at radius 1 is 0.966 bits per heavy atom. The fourth-order valence-corrected chi connectivity index (χ4v) is 5.08. The van der Waals surface area contributed by atoms with Crippen molar-refractivity contribution in [2.24, 2.45) is 0 Å². The Balaban J connectivity index is 2.34. The molecule has 0 spiro atoms.